The van der Waals surface area contributed by atoms with E-state index in [4.69, 9.17) is 0 Å². The number of rotatable bonds is 3. The van der Waals surface area contributed by atoms with Crippen LogP contribution >= 0.6 is 0 Å². The molecule has 0 unspecified atom stereocenters. The average Bonchev–Trinajstić information content (AvgIpc) is 2.20. The number of aryl methyl sites for hydroxylation is 1. The van der Waals surface area contributed by atoms with Crippen molar-refractivity contribution in [1.82, 2.24) is 0 Å². The van der Waals surface area contributed by atoms with Gasteiger partial charge in [-0.15, -0.1) is 6.58 Å². The molecule has 1 rings (SSSR count). The van der Waals surface area contributed by atoms with E-state index in [1.165, 1.54) is 11.6 Å². The normalized spacial score (nSPS) is 10.0. The van der Waals surface area contributed by atoms with Crippen LogP contribution in [0.25, 0.3) is 0 Å². The van der Waals surface area contributed by atoms with Crippen LogP contribution in [0, 0.1) is 6.92 Å². The molecule has 0 radical (unpaired) electrons. The highest BCUT2D eigenvalue weighted by Gasteiger charge is 2.03. The Morgan fingerprint density at radius 3 is 2.13 bits per heavy atom. The summed E-state index contributed by atoms with van der Waals surface area (Å²) in [4.78, 5) is 0. The zero-order valence-corrected chi connectivity index (χ0v) is 9.41. The second kappa shape index (κ2) is 7.17. The van der Waals surface area contributed by atoms with Crippen LogP contribution in [0.2, 0.25) is 0 Å². The fourth-order valence-corrected chi connectivity index (χ4v) is 1.09. The third-order valence-electron chi connectivity index (χ3n) is 1.41. The first-order valence-electron chi connectivity index (χ1n) is 4.25. The third-order valence-corrected chi connectivity index (χ3v) is 2.35. The van der Waals surface area contributed by atoms with Crippen LogP contribution in [0.15, 0.2) is 43.0 Å². The van der Waals surface area contributed by atoms with Gasteiger partial charge in [0.2, 0.25) is 0 Å². The van der Waals surface area contributed by atoms with E-state index in [2.05, 4.69) is 35.8 Å². The SMILES string of the molecule is C=CCS(=O)(=O)ON.Cc1ccccc1. The first-order chi connectivity index (χ1) is 7.02. The smallest absolute Gasteiger partial charge is 0.198 e. The topological polar surface area (TPSA) is 69.4 Å². The second-order valence-electron chi connectivity index (χ2n) is 2.76. The van der Waals surface area contributed by atoms with E-state index >= 15 is 0 Å². The molecule has 0 aromatic heterocycles. The van der Waals surface area contributed by atoms with E-state index in [1.54, 1.807) is 0 Å². The minimum Gasteiger partial charge on any atom is -0.198 e. The van der Waals surface area contributed by atoms with Gasteiger partial charge in [0.25, 0.3) is 10.1 Å². The van der Waals surface area contributed by atoms with Crippen LogP contribution in [0.4, 0.5) is 0 Å². The Balaban J connectivity index is 0.000000262. The lowest BCUT2D eigenvalue weighted by Gasteiger charge is -1.91. The molecule has 5 heteroatoms. The largest absolute Gasteiger partial charge is 0.286 e. The van der Waals surface area contributed by atoms with E-state index in [1.807, 2.05) is 18.2 Å². The second-order valence-corrected chi connectivity index (χ2v) is 4.41. The Labute approximate surface area is 90.4 Å². The maximum absolute atomic E-state index is 10.2. The van der Waals surface area contributed by atoms with Crippen LogP contribution < -0.4 is 5.90 Å². The summed E-state index contributed by atoms with van der Waals surface area (Å²) in [5.41, 5.74) is 1.32. The molecule has 0 atom stereocenters. The fourth-order valence-electron chi connectivity index (χ4n) is 0.718. The van der Waals surface area contributed by atoms with Crippen molar-refractivity contribution in [3.05, 3.63) is 48.6 Å². The predicted molar refractivity (Wildman–Crippen MR) is 60.4 cm³/mol. The Hall–Kier alpha value is -1.17. The van der Waals surface area contributed by atoms with Crippen molar-refractivity contribution < 1.29 is 12.7 Å². The van der Waals surface area contributed by atoms with Crippen LogP contribution in [-0.4, -0.2) is 14.2 Å². The summed E-state index contributed by atoms with van der Waals surface area (Å²) in [6.45, 7) is 5.26. The van der Waals surface area contributed by atoms with Crippen molar-refractivity contribution in [3.63, 3.8) is 0 Å². The highest BCUT2D eigenvalue weighted by molar-refractivity contribution is 7.86. The van der Waals surface area contributed by atoms with Crippen LogP contribution in [-0.2, 0) is 14.4 Å². The molecule has 4 nitrogen and oxygen atoms in total. The van der Waals surface area contributed by atoms with Crippen molar-refractivity contribution in [2.24, 2.45) is 5.90 Å². The molecule has 0 bridgehead atoms. The molecule has 0 saturated carbocycles. The molecule has 0 aliphatic rings. The number of benzene rings is 1. The molecule has 1 aromatic rings. The van der Waals surface area contributed by atoms with Crippen molar-refractivity contribution in [3.8, 4) is 0 Å². The van der Waals surface area contributed by atoms with E-state index in [0.29, 0.717) is 0 Å². The van der Waals surface area contributed by atoms with Crippen molar-refractivity contribution >= 4 is 10.1 Å². The summed E-state index contributed by atoms with van der Waals surface area (Å²) < 4.78 is 23.9. The zero-order chi connectivity index (χ0) is 11.7. The maximum atomic E-state index is 10.2. The van der Waals surface area contributed by atoms with Gasteiger partial charge in [0.05, 0.1) is 5.75 Å². The molecular weight excluding hydrogens is 214 g/mol. The third kappa shape index (κ3) is 7.87. The van der Waals surface area contributed by atoms with Gasteiger partial charge < -0.3 is 0 Å². The van der Waals surface area contributed by atoms with Crippen LogP contribution in [0.3, 0.4) is 0 Å². The first-order valence-corrected chi connectivity index (χ1v) is 5.83. The quantitative estimate of drug-likeness (QED) is 0.628. The summed E-state index contributed by atoms with van der Waals surface area (Å²) in [6.07, 6.45) is 1.20. The van der Waals surface area contributed by atoms with Gasteiger partial charge >= 0.3 is 0 Å². The Morgan fingerprint density at radius 1 is 1.40 bits per heavy atom. The van der Waals surface area contributed by atoms with Gasteiger partial charge in [-0.2, -0.15) is 18.6 Å². The highest BCUT2D eigenvalue weighted by atomic mass is 32.2. The lowest BCUT2D eigenvalue weighted by Crippen LogP contribution is -2.12. The Morgan fingerprint density at radius 2 is 1.93 bits per heavy atom. The fraction of sp³-hybridized carbons (Fsp3) is 0.200. The Kier molecular flexibility index (Phi) is 6.61. The lowest BCUT2D eigenvalue weighted by molar-refractivity contribution is 0.335. The van der Waals surface area contributed by atoms with Gasteiger partial charge in [0.15, 0.2) is 0 Å². The monoisotopic (exact) mass is 229 g/mol. The molecule has 0 amide bonds. The molecule has 0 aliphatic heterocycles. The molecule has 1 aromatic carbocycles. The summed E-state index contributed by atoms with van der Waals surface area (Å²) >= 11 is 0. The molecule has 2 N–H and O–H groups in total. The number of nitrogens with two attached hydrogens (primary N) is 1. The zero-order valence-electron chi connectivity index (χ0n) is 8.59. The summed E-state index contributed by atoms with van der Waals surface area (Å²) in [5.74, 6) is 4.11. The predicted octanol–water partition coefficient (Wildman–Crippen LogP) is 1.39. The van der Waals surface area contributed by atoms with E-state index < -0.39 is 10.1 Å². The summed E-state index contributed by atoms with van der Waals surface area (Å²) in [6, 6.07) is 10.3. The van der Waals surface area contributed by atoms with E-state index in [-0.39, 0.29) is 5.75 Å². The standard InChI is InChI=1S/C7H8.C3H7NO3S/c1-7-5-3-2-4-6-7;1-2-3-8(5,6)7-4/h2-6H,1H3;2H,1,3-4H2. The van der Waals surface area contributed by atoms with Crippen molar-refractivity contribution in [2.75, 3.05) is 5.75 Å². The van der Waals surface area contributed by atoms with Crippen molar-refractivity contribution in [2.45, 2.75) is 6.92 Å². The van der Waals surface area contributed by atoms with Gasteiger partial charge in [-0.05, 0) is 6.92 Å². The molecule has 0 fully saturated rings. The molecule has 0 aliphatic carbocycles. The summed E-state index contributed by atoms with van der Waals surface area (Å²) in [7, 11) is -3.51. The Bertz CT molecular complexity index is 373. The summed E-state index contributed by atoms with van der Waals surface area (Å²) in [5, 5.41) is 0. The minimum atomic E-state index is -3.51. The van der Waals surface area contributed by atoms with E-state index in [9.17, 15) is 8.42 Å². The van der Waals surface area contributed by atoms with E-state index in [0.717, 1.165) is 0 Å². The molecule has 84 valence electrons. The maximum Gasteiger partial charge on any atom is 0.286 e. The number of hydrogen-bond acceptors (Lipinski definition) is 4. The van der Waals surface area contributed by atoms with Gasteiger partial charge in [0, 0.05) is 0 Å². The van der Waals surface area contributed by atoms with Gasteiger partial charge in [-0.1, -0.05) is 42.0 Å². The molecule has 0 heterocycles. The van der Waals surface area contributed by atoms with Gasteiger partial charge in [0.1, 0.15) is 0 Å². The highest BCUT2D eigenvalue weighted by Crippen LogP contribution is 1.92. The van der Waals surface area contributed by atoms with Crippen LogP contribution in [0.5, 0.6) is 0 Å². The molecule has 15 heavy (non-hydrogen) atoms. The van der Waals surface area contributed by atoms with Gasteiger partial charge in [-0.3, -0.25) is 0 Å². The first kappa shape index (κ1) is 13.8. The molecule has 0 saturated heterocycles. The molecular formula is C10H15NO3S. The molecule has 0 spiro atoms. The average molecular weight is 229 g/mol. The minimum absolute atomic E-state index is 0.247. The lowest BCUT2D eigenvalue weighted by atomic mass is 10.2. The van der Waals surface area contributed by atoms with Crippen LogP contribution in [0.1, 0.15) is 5.56 Å². The van der Waals surface area contributed by atoms with Crippen molar-refractivity contribution in [1.29, 1.82) is 0 Å². The van der Waals surface area contributed by atoms with Gasteiger partial charge in [-0.25, -0.2) is 0 Å². The number of hydrogen-bond donors (Lipinski definition) is 1.